The highest BCUT2D eigenvalue weighted by Gasteiger charge is 2.15. The molecule has 0 amide bonds. The molecule has 1 saturated heterocycles. The largest absolute Gasteiger partial charge is 0.486 e. The van der Waals surface area contributed by atoms with Crippen LogP contribution in [0, 0.1) is 0 Å². The molecule has 2 heterocycles. The third-order valence-electron chi connectivity index (χ3n) is 1.27. The predicted molar refractivity (Wildman–Crippen MR) is 38.5 cm³/mol. The lowest BCUT2D eigenvalue weighted by atomic mass is 10.4. The number of fused-ring (bicyclic) bond motifs is 1. The summed E-state index contributed by atoms with van der Waals surface area (Å²) in [6.07, 6.45) is 0. The highest BCUT2D eigenvalue weighted by molar-refractivity contribution is 8.05. The summed E-state index contributed by atoms with van der Waals surface area (Å²) in [4.78, 5) is 0. The molecule has 2 nitrogen and oxygen atoms in total. The van der Waals surface area contributed by atoms with Gasteiger partial charge in [0.05, 0.1) is 0 Å². The molecule has 3 heteroatoms. The quantitative estimate of drug-likeness (QED) is 0.503. The van der Waals surface area contributed by atoms with Gasteiger partial charge in [-0.25, -0.2) is 11.8 Å². The Hall–Kier alpha value is -0.570. The van der Waals surface area contributed by atoms with E-state index in [1.165, 1.54) is 0 Å². The van der Waals surface area contributed by atoms with Gasteiger partial charge in [-0.1, -0.05) is 0 Å². The van der Waals surface area contributed by atoms with Crippen LogP contribution >= 0.6 is 11.8 Å². The molecule has 0 aliphatic carbocycles. The van der Waals surface area contributed by atoms with Crippen LogP contribution in [0.1, 0.15) is 0 Å². The lowest BCUT2D eigenvalue weighted by Gasteiger charge is -2.17. The van der Waals surface area contributed by atoms with Gasteiger partial charge in [-0.15, -0.1) is 0 Å². The van der Waals surface area contributed by atoms with Gasteiger partial charge in [0, 0.05) is 0 Å². The van der Waals surface area contributed by atoms with Gasteiger partial charge in [0.15, 0.2) is 11.5 Å². The zero-order chi connectivity index (χ0) is 6.10. The molecule has 0 radical (unpaired) electrons. The predicted octanol–water partition coefficient (Wildman–Crippen LogP) is 0.927. The fourth-order valence-corrected chi connectivity index (χ4v) is 1.70. The second-order valence-corrected chi connectivity index (χ2v) is 2.79. The van der Waals surface area contributed by atoms with E-state index < -0.39 is 0 Å². The molecule has 0 aromatic rings. The molecule has 2 rings (SSSR count). The Morgan fingerprint density at radius 1 is 1.11 bits per heavy atom. The lowest BCUT2D eigenvalue weighted by molar-refractivity contribution is 0.0614. The minimum atomic E-state index is 0.702. The molecule has 9 heavy (non-hydrogen) atoms. The van der Waals surface area contributed by atoms with Gasteiger partial charge in [-0.2, -0.15) is 0 Å². The van der Waals surface area contributed by atoms with E-state index in [1.807, 2.05) is 0 Å². The Morgan fingerprint density at radius 2 is 1.67 bits per heavy atom. The molecule has 0 saturated carbocycles. The van der Waals surface area contributed by atoms with Crippen molar-refractivity contribution in [2.24, 2.45) is 0 Å². The van der Waals surface area contributed by atoms with Crippen LogP contribution < -0.4 is 0 Å². The van der Waals surface area contributed by atoms with Crippen LogP contribution in [0.2, 0.25) is 0 Å². The highest BCUT2D eigenvalue weighted by Crippen LogP contribution is 2.30. The second kappa shape index (κ2) is 1.99. The van der Waals surface area contributed by atoms with E-state index in [4.69, 9.17) is 9.47 Å². The first kappa shape index (κ1) is 5.23. The maximum absolute atomic E-state index is 5.28. The summed E-state index contributed by atoms with van der Waals surface area (Å²) < 4.78 is 10.6. The minimum absolute atomic E-state index is 0.702. The van der Waals surface area contributed by atoms with E-state index in [-0.39, 0.29) is 0 Å². The average Bonchev–Trinajstić information content (AvgIpc) is 2.33. The fraction of sp³-hybridized carbons (Fsp3) is 0.333. The van der Waals surface area contributed by atoms with Crippen molar-refractivity contribution in [3.8, 4) is 0 Å². The fourth-order valence-electron chi connectivity index (χ4n) is 0.864. The second-order valence-electron chi connectivity index (χ2n) is 1.88. The summed E-state index contributed by atoms with van der Waals surface area (Å²) in [7, 11) is 0. The van der Waals surface area contributed by atoms with Crippen molar-refractivity contribution in [3.05, 3.63) is 22.3 Å². The van der Waals surface area contributed by atoms with Crippen molar-refractivity contribution in [2.45, 2.75) is 0 Å². The van der Waals surface area contributed by atoms with Crippen LogP contribution in [-0.4, -0.2) is 13.2 Å². The Labute approximate surface area is 57.5 Å². The maximum atomic E-state index is 5.28. The van der Waals surface area contributed by atoms with Gasteiger partial charge in [-0.05, 0) is 10.8 Å². The molecule has 0 N–H and O–H groups in total. The SMILES string of the molecule is C1=C2OCCOC2=C[SH2]1. The Morgan fingerprint density at radius 3 is 2.22 bits per heavy atom. The summed E-state index contributed by atoms with van der Waals surface area (Å²) in [6, 6.07) is 0. The third-order valence-corrected chi connectivity index (χ3v) is 2.13. The normalized spacial score (nSPS) is 24.0. The van der Waals surface area contributed by atoms with E-state index in [9.17, 15) is 0 Å². The highest BCUT2D eigenvalue weighted by atomic mass is 32.2. The number of hydrogen-bond acceptors (Lipinski definition) is 2. The minimum Gasteiger partial charge on any atom is -0.486 e. The van der Waals surface area contributed by atoms with Gasteiger partial charge in [0.2, 0.25) is 0 Å². The van der Waals surface area contributed by atoms with Gasteiger partial charge in [0.25, 0.3) is 0 Å². The van der Waals surface area contributed by atoms with Crippen LogP contribution in [0.25, 0.3) is 0 Å². The summed E-state index contributed by atoms with van der Waals surface area (Å²) in [5, 5.41) is 4.13. The smallest absolute Gasteiger partial charge is 0.166 e. The van der Waals surface area contributed by atoms with E-state index in [0.29, 0.717) is 13.2 Å². The number of ether oxygens (including phenoxy) is 2. The monoisotopic (exact) mass is 144 g/mol. The van der Waals surface area contributed by atoms with E-state index in [2.05, 4.69) is 10.8 Å². The molecule has 2 aliphatic rings. The Balaban J connectivity index is 2.22. The van der Waals surface area contributed by atoms with Crippen molar-refractivity contribution in [3.63, 3.8) is 0 Å². The lowest BCUT2D eigenvalue weighted by Crippen LogP contribution is -2.11. The zero-order valence-electron chi connectivity index (χ0n) is 4.89. The molecule has 1 fully saturated rings. The van der Waals surface area contributed by atoms with Crippen molar-refractivity contribution in [1.82, 2.24) is 0 Å². The number of hydrogen-bond donors (Lipinski definition) is 0. The van der Waals surface area contributed by atoms with E-state index in [1.54, 1.807) is 0 Å². The molecule has 2 aliphatic heterocycles. The van der Waals surface area contributed by atoms with Gasteiger partial charge < -0.3 is 9.47 Å². The van der Waals surface area contributed by atoms with E-state index >= 15 is 0 Å². The zero-order valence-corrected chi connectivity index (χ0v) is 5.89. The molecular formula is C6H8O2S. The van der Waals surface area contributed by atoms with Crippen molar-refractivity contribution < 1.29 is 9.47 Å². The molecule has 0 aromatic carbocycles. The van der Waals surface area contributed by atoms with E-state index in [0.717, 1.165) is 23.3 Å². The maximum Gasteiger partial charge on any atom is 0.166 e. The van der Waals surface area contributed by atoms with Crippen LogP contribution in [0.15, 0.2) is 22.3 Å². The van der Waals surface area contributed by atoms with Crippen molar-refractivity contribution >= 4 is 11.8 Å². The standard InChI is InChI=1S/C6H8O2S/c1-2-8-6-4-9-3-5(6)7-1/h3-4H,1-2,9H2. The van der Waals surface area contributed by atoms with Crippen LogP contribution in [0.5, 0.6) is 0 Å². The topological polar surface area (TPSA) is 18.5 Å². The summed E-state index contributed by atoms with van der Waals surface area (Å²) in [5.41, 5.74) is 0. The van der Waals surface area contributed by atoms with Crippen molar-refractivity contribution in [2.75, 3.05) is 13.2 Å². The first-order valence-corrected chi connectivity index (χ1v) is 4.04. The van der Waals surface area contributed by atoms with Crippen LogP contribution in [0.4, 0.5) is 0 Å². The summed E-state index contributed by atoms with van der Waals surface area (Å²) in [5.74, 6) is 1.89. The van der Waals surface area contributed by atoms with Crippen LogP contribution in [-0.2, 0) is 9.47 Å². The van der Waals surface area contributed by atoms with Crippen LogP contribution in [0.3, 0.4) is 0 Å². The van der Waals surface area contributed by atoms with Crippen molar-refractivity contribution in [1.29, 1.82) is 0 Å². The third kappa shape index (κ3) is 0.812. The Kier molecular flexibility index (Phi) is 1.16. The molecular weight excluding hydrogens is 136 g/mol. The molecule has 0 spiro atoms. The first-order valence-electron chi connectivity index (χ1n) is 2.89. The molecule has 50 valence electrons. The number of rotatable bonds is 0. The molecule has 0 unspecified atom stereocenters. The molecule has 0 atom stereocenters. The first-order chi connectivity index (χ1) is 4.47. The molecule has 0 aromatic heterocycles. The van der Waals surface area contributed by atoms with Gasteiger partial charge in [0.1, 0.15) is 13.2 Å². The summed E-state index contributed by atoms with van der Waals surface area (Å²) in [6.45, 7) is 1.40. The molecule has 0 bridgehead atoms. The average molecular weight is 144 g/mol. The van der Waals surface area contributed by atoms with Gasteiger partial charge >= 0.3 is 0 Å². The Bertz CT molecular complexity index is 163. The summed E-state index contributed by atoms with van der Waals surface area (Å²) >= 11 is 0.749. The van der Waals surface area contributed by atoms with Gasteiger partial charge in [-0.3, -0.25) is 0 Å².